The van der Waals surface area contributed by atoms with Crippen LogP contribution in [-0.4, -0.2) is 48.5 Å². The first-order chi connectivity index (χ1) is 18.9. The SMILES string of the molecule is CCOc1ccc(Br)cc1/C=C/C(=O)Nc1cccc(Oc2ccc3c(c2)C(=O)N(CC2CCCO2)C3=O)c1. The first kappa shape index (κ1) is 26.6. The van der Waals surface area contributed by atoms with Crippen LogP contribution >= 0.6 is 15.9 Å². The van der Waals surface area contributed by atoms with E-state index in [9.17, 15) is 14.4 Å². The summed E-state index contributed by atoms with van der Waals surface area (Å²) >= 11 is 3.44. The quantitative estimate of drug-likeness (QED) is 0.240. The van der Waals surface area contributed by atoms with E-state index in [1.807, 2.05) is 25.1 Å². The minimum atomic E-state index is -0.346. The van der Waals surface area contributed by atoms with E-state index in [1.54, 1.807) is 48.5 Å². The molecule has 0 radical (unpaired) electrons. The zero-order chi connectivity index (χ0) is 27.4. The Morgan fingerprint density at radius 3 is 2.69 bits per heavy atom. The van der Waals surface area contributed by atoms with E-state index in [4.69, 9.17) is 14.2 Å². The van der Waals surface area contributed by atoms with Gasteiger partial charge in [0.15, 0.2) is 0 Å². The maximum atomic E-state index is 12.9. The summed E-state index contributed by atoms with van der Waals surface area (Å²) in [4.78, 5) is 39.6. The molecular weight excluding hydrogens is 564 g/mol. The molecule has 1 unspecified atom stereocenters. The molecule has 2 aliphatic rings. The van der Waals surface area contributed by atoms with Crippen molar-refractivity contribution in [3.63, 3.8) is 0 Å². The van der Waals surface area contributed by atoms with Gasteiger partial charge in [0.05, 0.1) is 30.4 Å². The molecule has 0 aliphatic carbocycles. The first-order valence-corrected chi connectivity index (χ1v) is 13.5. The number of halogens is 1. The smallest absolute Gasteiger partial charge is 0.261 e. The predicted molar refractivity (Wildman–Crippen MR) is 150 cm³/mol. The molecule has 200 valence electrons. The third-order valence-electron chi connectivity index (χ3n) is 6.38. The highest BCUT2D eigenvalue weighted by molar-refractivity contribution is 9.10. The highest BCUT2D eigenvalue weighted by Crippen LogP contribution is 2.31. The summed E-state index contributed by atoms with van der Waals surface area (Å²) in [6, 6.07) is 17.4. The van der Waals surface area contributed by atoms with Gasteiger partial charge in [0.25, 0.3) is 11.8 Å². The molecular formula is C30H27BrN2O6. The molecule has 0 bridgehead atoms. The highest BCUT2D eigenvalue weighted by Gasteiger charge is 2.37. The normalized spacial score (nSPS) is 16.6. The zero-order valence-corrected chi connectivity index (χ0v) is 22.9. The van der Waals surface area contributed by atoms with E-state index in [1.165, 1.54) is 11.0 Å². The predicted octanol–water partition coefficient (Wildman–Crippen LogP) is 6.07. The number of fused-ring (bicyclic) bond motifs is 1. The molecule has 5 rings (SSSR count). The van der Waals surface area contributed by atoms with E-state index in [2.05, 4.69) is 21.2 Å². The van der Waals surface area contributed by atoms with Crippen LogP contribution in [0.2, 0.25) is 0 Å². The standard InChI is InChI=1S/C30H27BrN2O6/c1-2-37-27-12-9-20(31)15-19(27)8-13-28(34)32-21-5-3-6-22(16-21)39-23-10-11-25-26(17-23)30(36)33(29(25)35)18-24-7-4-14-38-24/h3,5-6,8-13,15-17,24H,2,4,7,14,18H2,1H3,(H,32,34)/b13-8+. The molecule has 2 heterocycles. The summed E-state index contributed by atoms with van der Waals surface area (Å²) < 4.78 is 18.1. The molecule has 1 atom stereocenters. The lowest BCUT2D eigenvalue weighted by molar-refractivity contribution is -0.111. The van der Waals surface area contributed by atoms with Crippen molar-refractivity contribution in [1.29, 1.82) is 0 Å². The molecule has 8 nitrogen and oxygen atoms in total. The maximum absolute atomic E-state index is 12.9. The minimum absolute atomic E-state index is 0.114. The van der Waals surface area contributed by atoms with Gasteiger partial charge in [-0.2, -0.15) is 0 Å². The average molecular weight is 591 g/mol. The van der Waals surface area contributed by atoms with Crippen LogP contribution in [0, 0.1) is 0 Å². The van der Waals surface area contributed by atoms with Crippen molar-refractivity contribution in [3.8, 4) is 17.2 Å². The molecule has 2 aliphatic heterocycles. The highest BCUT2D eigenvalue weighted by atomic mass is 79.9. The number of hydrogen-bond acceptors (Lipinski definition) is 6. The van der Waals surface area contributed by atoms with Crippen molar-refractivity contribution in [2.45, 2.75) is 25.9 Å². The molecule has 1 fully saturated rings. The van der Waals surface area contributed by atoms with Crippen LogP contribution in [0.25, 0.3) is 6.08 Å². The van der Waals surface area contributed by atoms with Gasteiger partial charge in [-0.15, -0.1) is 0 Å². The Labute approximate surface area is 234 Å². The van der Waals surface area contributed by atoms with E-state index in [-0.39, 0.29) is 30.4 Å². The lowest BCUT2D eigenvalue weighted by Gasteiger charge is -2.17. The fourth-order valence-electron chi connectivity index (χ4n) is 4.55. The number of amides is 3. The second kappa shape index (κ2) is 11.8. The molecule has 1 N–H and O–H groups in total. The molecule has 0 aromatic heterocycles. The number of rotatable bonds is 9. The summed E-state index contributed by atoms with van der Waals surface area (Å²) in [5.41, 5.74) is 1.98. The van der Waals surface area contributed by atoms with Gasteiger partial charge in [-0.3, -0.25) is 19.3 Å². The number of carbonyl (C=O) groups excluding carboxylic acids is 3. The van der Waals surface area contributed by atoms with Crippen LogP contribution in [0.4, 0.5) is 5.69 Å². The Balaban J connectivity index is 1.25. The average Bonchev–Trinajstić information content (AvgIpc) is 3.52. The topological polar surface area (TPSA) is 94.2 Å². The van der Waals surface area contributed by atoms with Crippen molar-refractivity contribution in [2.75, 3.05) is 25.1 Å². The summed E-state index contributed by atoms with van der Waals surface area (Å²) in [7, 11) is 0. The molecule has 3 aromatic rings. The second-order valence-electron chi connectivity index (χ2n) is 9.13. The number of anilines is 1. The van der Waals surface area contributed by atoms with Crippen LogP contribution in [0.3, 0.4) is 0 Å². The lowest BCUT2D eigenvalue weighted by Crippen LogP contribution is -2.36. The molecule has 0 spiro atoms. The lowest BCUT2D eigenvalue weighted by atomic mass is 10.1. The molecule has 39 heavy (non-hydrogen) atoms. The summed E-state index contributed by atoms with van der Waals surface area (Å²) in [5, 5.41) is 2.82. The molecule has 1 saturated heterocycles. The third-order valence-corrected chi connectivity index (χ3v) is 6.87. The number of nitrogens with zero attached hydrogens (tertiary/aromatic N) is 1. The monoisotopic (exact) mass is 590 g/mol. The van der Waals surface area contributed by atoms with Gasteiger partial charge in [0.1, 0.15) is 17.2 Å². The van der Waals surface area contributed by atoms with Gasteiger partial charge < -0.3 is 19.5 Å². The van der Waals surface area contributed by atoms with E-state index < -0.39 is 0 Å². The largest absolute Gasteiger partial charge is 0.493 e. The van der Waals surface area contributed by atoms with Crippen LogP contribution < -0.4 is 14.8 Å². The van der Waals surface area contributed by atoms with Crippen molar-refractivity contribution >= 4 is 45.4 Å². The summed E-state index contributed by atoms with van der Waals surface area (Å²) in [6.07, 6.45) is 4.78. The van der Waals surface area contributed by atoms with Crippen LogP contribution in [0.5, 0.6) is 17.2 Å². The van der Waals surface area contributed by atoms with E-state index >= 15 is 0 Å². The second-order valence-corrected chi connectivity index (χ2v) is 10.0. The van der Waals surface area contributed by atoms with E-state index in [0.29, 0.717) is 47.3 Å². The van der Waals surface area contributed by atoms with Crippen LogP contribution in [-0.2, 0) is 9.53 Å². The van der Waals surface area contributed by atoms with Gasteiger partial charge in [-0.25, -0.2) is 0 Å². The van der Waals surface area contributed by atoms with Crippen molar-refractivity contribution in [3.05, 3.63) is 87.9 Å². The number of carbonyl (C=O) groups is 3. The Kier molecular flexibility index (Phi) is 8.09. The molecule has 3 amide bonds. The van der Waals surface area contributed by atoms with Gasteiger partial charge in [-0.05, 0) is 74.4 Å². The number of benzene rings is 3. The first-order valence-electron chi connectivity index (χ1n) is 12.7. The maximum Gasteiger partial charge on any atom is 0.261 e. The Bertz CT molecular complexity index is 1450. The number of imide groups is 1. The van der Waals surface area contributed by atoms with Crippen molar-refractivity contribution < 1.29 is 28.6 Å². The zero-order valence-electron chi connectivity index (χ0n) is 21.3. The summed E-state index contributed by atoms with van der Waals surface area (Å²) in [6.45, 7) is 3.33. The molecule has 3 aromatic carbocycles. The van der Waals surface area contributed by atoms with Crippen LogP contribution in [0.15, 0.2) is 71.2 Å². The number of hydrogen-bond donors (Lipinski definition) is 1. The van der Waals surface area contributed by atoms with Crippen molar-refractivity contribution in [2.24, 2.45) is 0 Å². The van der Waals surface area contributed by atoms with Gasteiger partial charge in [-0.1, -0.05) is 22.0 Å². The minimum Gasteiger partial charge on any atom is -0.493 e. The van der Waals surface area contributed by atoms with Gasteiger partial charge in [0, 0.05) is 34.5 Å². The third kappa shape index (κ3) is 6.21. The Morgan fingerprint density at radius 2 is 1.90 bits per heavy atom. The Morgan fingerprint density at radius 1 is 1.08 bits per heavy atom. The number of nitrogens with one attached hydrogen (secondary N) is 1. The molecule has 9 heteroatoms. The van der Waals surface area contributed by atoms with Crippen LogP contribution in [0.1, 0.15) is 46.0 Å². The fourth-order valence-corrected chi connectivity index (χ4v) is 4.93. The fraction of sp³-hybridized carbons (Fsp3) is 0.233. The van der Waals surface area contributed by atoms with Crippen molar-refractivity contribution in [1.82, 2.24) is 4.90 Å². The van der Waals surface area contributed by atoms with Gasteiger partial charge in [0.2, 0.25) is 5.91 Å². The van der Waals surface area contributed by atoms with E-state index in [0.717, 1.165) is 22.9 Å². The number of ether oxygens (including phenoxy) is 3. The molecule has 0 saturated carbocycles. The van der Waals surface area contributed by atoms with Gasteiger partial charge >= 0.3 is 0 Å². The Hall–Kier alpha value is -3.95. The summed E-state index contributed by atoms with van der Waals surface area (Å²) in [5.74, 6) is 0.589.